The molecule has 0 saturated carbocycles. The maximum absolute atomic E-state index is 13.3. The average molecular weight is 749 g/mol. The van der Waals surface area contributed by atoms with E-state index in [0.717, 1.165) is 34.5 Å². The molecule has 12 nitrogen and oxygen atoms in total. The fourth-order valence-corrected chi connectivity index (χ4v) is 5.99. The molecule has 0 fully saturated rings. The molecule has 7 rings (SSSR count). The highest BCUT2D eigenvalue weighted by molar-refractivity contribution is 6.16. The topological polar surface area (TPSA) is 132 Å². The quantitative estimate of drug-likeness (QED) is 0.0406. The van der Waals surface area contributed by atoms with Gasteiger partial charge in [0, 0.05) is 56.2 Å². The third kappa shape index (κ3) is 8.43. The summed E-state index contributed by atoms with van der Waals surface area (Å²) in [5, 5.41) is 7.70. The lowest BCUT2D eigenvalue weighted by molar-refractivity contribution is -0.115. The highest BCUT2D eigenvalue weighted by atomic mass is 19.1. The number of halogens is 1. The molecule has 56 heavy (non-hydrogen) atoms. The van der Waals surface area contributed by atoms with Crippen LogP contribution in [0.1, 0.15) is 5.56 Å². The third-order valence-corrected chi connectivity index (χ3v) is 8.63. The third-order valence-electron chi connectivity index (χ3n) is 8.63. The van der Waals surface area contributed by atoms with Crippen molar-refractivity contribution < 1.29 is 23.1 Å². The molecular formula is C43H37FN8O4. The van der Waals surface area contributed by atoms with Crippen molar-refractivity contribution in [1.82, 2.24) is 29.6 Å². The molecule has 0 aliphatic carbocycles. The standard InChI is InChI=1S/C43H37FN8O4/c1-50(2)25-28-9-7-10-29(23-28)37-38-42(48-40(36-12-5-6-21-45-36)49-43(38)56-39(37)31-24-46-52(4)26-31)55-35-19-15-33(16-20-35)47-41(54)30(27-53)11-8-22-51(3)34-17-13-32(44)14-18-34/h5-24,26-27H,25H2,1-4H3,(H,47,54)/b22-8-,30-11+. The van der Waals surface area contributed by atoms with Crippen molar-refractivity contribution in [2.24, 2.45) is 7.05 Å². The lowest BCUT2D eigenvalue weighted by Crippen LogP contribution is -2.15. The van der Waals surface area contributed by atoms with Crippen molar-refractivity contribution >= 4 is 34.7 Å². The van der Waals surface area contributed by atoms with Gasteiger partial charge in [-0.3, -0.25) is 19.3 Å². The highest BCUT2D eigenvalue weighted by Gasteiger charge is 2.26. The molecule has 7 aromatic rings. The van der Waals surface area contributed by atoms with Crippen LogP contribution in [0.3, 0.4) is 0 Å². The normalized spacial score (nSPS) is 11.7. The molecule has 1 N–H and O–H groups in total. The number of nitrogens with zero attached hydrogens (tertiary/aromatic N) is 7. The first kappa shape index (κ1) is 37.1. The van der Waals surface area contributed by atoms with Gasteiger partial charge in [-0.1, -0.05) is 24.3 Å². The summed E-state index contributed by atoms with van der Waals surface area (Å²) >= 11 is 0. The van der Waals surface area contributed by atoms with Gasteiger partial charge in [-0.25, -0.2) is 4.39 Å². The number of allylic oxidation sites excluding steroid dienone is 2. The first-order valence-corrected chi connectivity index (χ1v) is 17.6. The van der Waals surface area contributed by atoms with Crippen LogP contribution < -0.4 is 15.0 Å². The summed E-state index contributed by atoms with van der Waals surface area (Å²) in [6.45, 7) is 0.730. The molecular weight excluding hydrogens is 712 g/mol. The number of aldehydes is 1. The van der Waals surface area contributed by atoms with Gasteiger partial charge >= 0.3 is 0 Å². The number of rotatable bonds is 13. The van der Waals surface area contributed by atoms with E-state index in [1.54, 1.807) is 83.8 Å². The van der Waals surface area contributed by atoms with E-state index in [-0.39, 0.29) is 17.3 Å². The SMILES string of the molecule is CN(C)Cc1cccc(-c2c(-c3cnn(C)c3)oc3nc(-c4ccccn4)nc(Oc4ccc(NC(=O)/C(C=O)=C/C=C\N(C)c5ccc(F)cc5)cc4)c23)c1. The lowest BCUT2D eigenvalue weighted by Gasteiger charge is -2.13. The van der Waals surface area contributed by atoms with E-state index in [4.69, 9.17) is 19.1 Å². The van der Waals surface area contributed by atoms with Crippen LogP contribution in [0.2, 0.25) is 0 Å². The van der Waals surface area contributed by atoms with Crippen LogP contribution in [0.4, 0.5) is 15.8 Å². The van der Waals surface area contributed by atoms with Gasteiger partial charge < -0.3 is 24.3 Å². The molecule has 1 amide bonds. The Bertz CT molecular complexity index is 2560. The summed E-state index contributed by atoms with van der Waals surface area (Å²) in [4.78, 5) is 42.9. The van der Waals surface area contributed by atoms with E-state index in [1.807, 2.05) is 51.6 Å². The summed E-state index contributed by atoms with van der Waals surface area (Å²) in [5.41, 5.74) is 5.39. The molecule has 0 saturated heterocycles. The molecule has 4 heterocycles. The number of hydrogen-bond donors (Lipinski definition) is 1. The number of pyridine rings is 1. The van der Waals surface area contributed by atoms with Crippen LogP contribution in [0.5, 0.6) is 11.6 Å². The first-order valence-electron chi connectivity index (χ1n) is 17.6. The van der Waals surface area contributed by atoms with Gasteiger partial charge in [0.1, 0.15) is 28.4 Å². The molecule has 13 heteroatoms. The Morgan fingerprint density at radius 1 is 0.964 bits per heavy atom. The van der Waals surface area contributed by atoms with Crippen LogP contribution in [0.25, 0.3) is 45.1 Å². The van der Waals surface area contributed by atoms with Crippen LogP contribution in [0, 0.1) is 5.82 Å². The van der Waals surface area contributed by atoms with E-state index in [9.17, 15) is 14.0 Å². The summed E-state index contributed by atoms with van der Waals surface area (Å²) in [7, 11) is 7.65. The second-order valence-corrected chi connectivity index (χ2v) is 13.1. The molecule has 0 radical (unpaired) electrons. The number of furan rings is 1. The van der Waals surface area contributed by atoms with Crippen molar-refractivity contribution in [2.75, 3.05) is 31.4 Å². The Morgan fingerprint density at radius 2 is 1.77 bits per heavy atom. The minimum atomic E-state index is -0.595. The number of carbonyl (C=O) groups excluding carboxylic acids is 2. The summed E-state index contributed by atoms with van der Waals surface area (Å²) in [5.74, 6) is 0.588. The van der Waals surface area contributed by atoms with Gasteiger partial charge in [0.2, 0.25) is 11.6 Å². The summed E-state index contributed by atoms with van der Waals surface area (Å²) in [6.07, 6.45) is 10.4. The number of ether oxygens (including phenoxy) is 1. The second-order valence-electron chi connectivity index (χ2n) is 13.1. The number of hydrogen-bond acceptors (Lipinski definition) is 10. The molecule has 280 valence electrons. The Balaban J connectivity index is 1.22. The van der Waals surface area contributed by atoms with Gasteiger partial charge in [-0.15, -0.1) is 0 Å². The van der Waals surface area contributed by atoms with E-state index < -0.39 is 5.91 Å². The first-order chi connectivity index (χ1) is 27.1. The molecule has 3 aromatic carbocycles. The molecule has 0 unspecified atom stereocenters. The number of nitrogens with one attached hydrogen (secondary N) is 1. The van der Waals surface area contributed by atoms with E-state index in [1.165, 1.54) is 18.2 Å². The zero-order valence-corrected chi connectivity index (χ0v) is 31.1. The minimum absolute atomic E-state index is 0.0916. The highest BCUT2D eigenvalue weighted by Crippen LogP contribution is 2.45. The van der Waals surface area contributed by atoms with Crippen molar-refractivity contribution in [1.29, 1.82) is 0 Å². The Labute approximate surface area is 322 Å². The van der Waals surface area contributed by atoms with Crippen LogP contribution in [0.15, 0.2) is 138 Å². The molecule has 0 aliphatic rings. The summed E-state index contributed by atoms with van der Waals surface area (Å²) < 4.78 is 28.1. The Morgan fingerprint density at radius 3 is 2.46 bits per heavy atom. The van der Waals surface area contributed by atoms with E-state index >= 15 is 0 Å². The summed E-state index contributed by atoms with van der Waals surface area (Å²) in [6, 6.07) is 26.3. The predicted molar refractivity (Wildman–Crippen MR) is 213 cm³/mol. The van der Waals surface area contributed by atoms with Crippen molar-refractivity contribution in [3.63, 3.8) is 0 Å². The van der Waals surface area contributed by atoms with Gasteiger partial charge in [-0.05, 0) is 104 Å². The number of amides is 1. The van der Waals surface area contributed by atoms with Gasteiger partial charge in [0.15, 0.2) is 12.1 Å². The van der Waals surface area contributed by atoms with Gasteiger partial charge in [0.25, 0.3) is 5.91 Å². The number of aryl methyl sites for hydroxylation is 1. The number of fused-ring (bicyclic) bond motifs is 1. The number of benzene rings is 3. The van der Waals surface area contributed by atoms with Crippen molar-refractivity contribution in [2.45, 2.75) is 6.54 Å². The molecule has 0 bridgehead atoms. The van der Waals surface area contributed by atoms with Crippen molar-refractivity contribution in [3.8, 4) is 45.6 Å². The Kier molecular flexibility index (Phi) is 10.9. The maximum Gasteiger partial charge on any atom is 0.258 e. The van der Waals surface area contributed by atoms with Crippen LogP contribution >= 0.6 is 0 Å². The predicted octanol–water partition coefficient (Wildman–Crippen LogP) is 8.06. The largest absolute Gasteiger partial charge is 0.438 e. The molecule has 0 spiro atoms. The van der Waals surface area contributed by atoms with Crippen molar-refractivity contribution in [3.05, 3.63) is 145 Å². The molecule has 4 aromatic heterocycles. The second kappa shape index (κ2) is 16.4. The van der Waals surface area contributed by atoms with Gasteiger partial charge in [0.05, 0.1) is 17.3 Å². The smallest absolute Gasteiger partial charge is 0.258 e. The molecule has 0 atom stereocenters. The van der Waals surface area contributed by atoms with Crippen LogP contribution in [-0.2, 0) is 23.2 Å². The number of aromatic nitrogens is 5. The zero-order valence-electron chi connectivity index (χ0n) is 31.1. The number of anilines is 2. The maximum atomic E-state index is 13.3. The lowest BCUT2D eigenvalue weighted by atomic mass is 9.99. The minimum Gasteiger partial charge on any atom is -0.438 e. The fraction of sp³-hybridized carbons (Fsp3) is 0.116. The number of carbonyl (C=O) groups is 2. The Hall–Kier alpha value is -7.25. The van der Waals surface area contributed by atoms with Crippen LogP contribution in [-0.4, -0.2) is 63.0 Å². The van der Waals surface area contributed by atoms with E-state index in [0.29, 0.717) is 46.1 Å². The fourth-order valence-electron chi connectivity index (χ4n) is 5.99. The monoisotopic (exact) mass is 748 g/mol. The molecule has 0 aliphatic heterocycles. The zero-order chi connectivity index (χ0) is 39.2. The van der Waals surface area contributed by atoms with Gasteiger partial charge in [-0.2, -0.15) is 15.1 Å². The van der Waals surface area contributed by atoms with E-state index in [2.05, 4.69) is 32.4 Å². The average Bonchev–Trinajstić information content (AvgIpc) is 3.81.